The molecule has 0 aliphatic carbocycles. The molecule has 0 radical (unpaired) electrons. The first kappa shape index (κ1) is 12.6. The van der Waals surface area contributed by atoms with Crippen molar-refractivity contribution in [1.29, 1.82) is 0 Å². The van der Waals surface area contributed by atoms with Crippen LogP contribution in [0, 0.1) is 5.41 Å². The Morgan fingerprint density at radius 1 is 1.44 bits per heavy atom. The van der Waals surface area contributed by atoms with Crippen LogP contribution in [0.4, 0.5) is 0 Å². The summed E-state index contributed by atoms with van der Waals surface area (Å²) < 4.78 is 5.19. The molecule has 0 saturated carbocycles. The fourth-order valence-electron chi connectivity index (χ4n) is 1.13. The Hall–Kier alpha value is -1.51. The second kappa shape index (κ2) is 5.01. The molecule has 0 unspecified atom stereocenters. The first-order chi connectivity index (χ1) is 7.45. The number of esters is 1. The average Bonchev–Trinajstić information content (AvgIpc) is 2.26. The summed E-state index contributed by atoms with van der Waals surface area (Å²) in [6.07, 6.45) is 0.742. The van der Waals surface area contributed by atoms with E-state index in [2.05, 4.69) is 0 Å². The standard InChI is InChI=1S/C13H18O3/c1-4-13(2,3)12(15)16-9-10-6-5-7-11(14)8-10/h5-8,14H,4,9H2,1-3H3. The van der Waals surface area contributed by atoms with E-state index in [0.717, 1.165) is 12.0 Å². The smallest absolute Gasteiger partial charge is 0.311 e. The van der Waals surface area contributed by atoms with E-state index >= 15 is 0 Å². The predicted octanol–water partition coefficient (Wildman–Crippen LogP) is 2.87. The molecule has 0 heterocycles. The molecule has 0 atom stereocenters. The van der Waals surface area contributed by atoms with Gasteiger partial charge in [0.25, 0.3) is 0 Å². The van der Waals surface area contributed by atoms with Crippen molar-refractivity contribution in [3.8, 4) is 5.75 Å². The van der Waals surface area contributed by atoms with Crippen molar-refractivity contribution < 1.29 is 14.6 Å². The molecule has 16 heavy (non-hydrogen) atoms. The van der Waals surface area contributed by atoms with E-state index in [1.54, 1.807) is 18.2 Å². The van der Waals surface area contributed by atoms with Crippen LogP contribution < -0.4 is 0 Å². The molecule has 1 aromatic rings. The number of benzene rings is 1. The van der Waals surface area contributed by atoms with Crippen molar-refractivity contribution in [2.45, 2.75) is 33.8 Å². The maximum Gasteiger partial charge on any atom is 0.311 e. The number of carbonyl (C=O) groups excluding carboxylic acids is 1. The third-order valence-corrected chi connectivity index (χ3v) is 2.72. The van der Waals surface area contributed by atoms with Crippen LogP contribution in [0.25, 0.3) is 0 Å². The van der Waals surface area contributed by atoms with Crippen molar-refractivity contribution in [1.82, 2.24) is 0 Å². The van der Waals surface area contributed by atoms with Crippen molar-refractivity contribution in [3.63, 3.8) is 0 Å². The van der Waals surface area contributed by atoms with Gasteiger partial charge in [-0.3, -0.25) is 4.79 Å². The fraction of sp³-hybridized carbons (Fsp3) is 0.462. The Morgan fingerprint density at radius 2 is 2.12 bits per heavy atom. The van der Waals surface area contributed by atoms with Crippen LogP contribution >= 0.6 is 0 Å². The Morgan fingerprint density at radius 3 is 2.69 bits per heavy atom. The number of carbonyl (C=O) groups is 1. The van der Waals surface area contributed by atoms with Crippen LogP contribution in [-0.2, 0) is 16.1 Å². The zero-order valence-corrected chi connectivity index (χ0v) is 9.99. The van der Waals surface area contributed by atoms with Gasteiger partial charge in [-0.1, -0.05) is 19.1 Å². The average molecular weight is 222 g/mol. The molecule has 1 aromatic carbocycles. The molecule has 0 aliphatic heterocycles. The molecule has 0 spiro atoms. The van der Waals surface area contributed by atoms with Gasteiger partial charge in [-0.2, -0.15) is 0 Å². The van der Waals surface area contributed by atoms with Crippen LogP contribution in [-0.4, -0.2) is 11.1 Å². The summed E-state index contributed by atoms with van der Waals surface area (Å²) in [4.78, 5) is 11.7. The summed E-state index contributed by atoms with van der Waals surface area (Å²) in [5, 5.41) is 9.24. The number of hydrogen-bond acceptors (Lipinski definition) is 3. The molecule has 0 saturated heterocycles. The summed E-state index contributed by atoms with van der Waals surface area (Å²) in [6.45, 7) is 5.88. The van der Waals surface area contributed by atoms with Crippen LogP contribution in [0.2, 0.25) is 0 Å². The molecule has 3 nitrogen and oxygen atoms in total. The van der Waals surface area contributed by atoms with Crippen molar-refractivity contribution >= 4 is 5.97 Å². The molecule has 1 N–H and O–H groups in total. The van der Waals surface area contributed by atoms with Gasteiger partial charge in [-0.05, 0) is 38.0 Å². The normalized spacial score (nSPS) is 11.2. The number of phenolic OH excluding ortho intramolecular Hbond substituents is 1. The molecule has 3 heteroatoms. The molecular formula is C13H18O3. The highest BCUT2D eigenvalue weighted by molar-refractivity contribution is 5.75. The molecule has 0 amide bonds. The number of phenols is 1. The summed E-state index contributed by atoms with van der Waals surface area (Å²) in [5.41, 5.74) is 0.344. The van der Waals surface area contributed by atoms with Gasteiger partial charge in [-0.25, -0.2) is 0 Å². The van der Waals surface area contributed by atoms with E-state index in [-0.39, 0.29) is 18.3 Å². The lowest BCUT2D eigenvalue weighted by Gasteiger charge is -2.20. The summed E-state index contributed by atoms with van der Waals surface area (Å²) in [6, 6.07) is 6.71. The number of rotatable bonds is 4. The van der Waals surface area contributed by atoms with Gasteiger partial charge in [0.2, 0.25) is 0 Å². The van der Waals surface area contributed by atoms with Crippen molar-refractivity contribution in [3.05, 3.63) is 29.8 Å². The molecular weight excluding hydrogens is 204 g/mol. The van der Waals surface area contributed by atoms with Gasteiger partial charge in [0.05, 0.1) is 5.41 Å². The number of aromatic hydroxyl groups is 1. The SMILES string of the molecule is CCC(C)(C)C(=O)OCc1cccc(O)c1. The van der Waals surface area contributed by atoms with E-state index < -0.39 is 5.41 Å². The lowest BCUT2D eigenvalue weighted by Crippen LogP contribution is -2.25. The highest BCUT2D eigenvalue weighted by atomic mass is 16.5. The number of hydrogen-bond donors (Lipinski definition) is 1. The minimum atomic E-state index is -0.448. The van der Waals surface area contributed by atoms with Crippen LogP contribution in [0.1, 0.15) is 32.8 Å². The van der Waals surface area contributed by atoms with Crippen LogP contribution in [0.3, 0.4) is 0 Å². The first-order valence-electron chi connectivity index (χ1n) is 5.41. The molecule has 0 fully saturated rings. The fourth-order valence-corrected chi connectivity index (χ4v) is 1.13. The largest absolute Gasteiger partial charge is 0.508 e. The zero-order chi connectivity index (χ0) is 12.2. The Labute approximate surface area is 96.1 Å². The van der Waals surface area contributed by atoms with Gasteiger partial charge in [-0.15, -0.1) is 0 Å². The minimum absolute atomic E-state index is 0.184. The van der Waals surface area contributed by atoms with Crippen LogP contribution in [0.15, 0.2) is 24.3 Å². The lowest BCUT2D eigenvalue weighted by atomic mass is 9.91. The molecule has 88 valence electrons. The lowest BCUT2D eigenvalue weighted by molar-refractivity contribution is -0.155. The van der Waals surface area contributed by atoms with E-state index in [1.165, 1.54) is 0 Å². The first-order valence-corrected chi connectivity index (χ1v) is 5.41. The molecule has 0 aliphatic rings. The van der Waals surface area contributed by atoms with Gasteiger partial charge in [0.15, 0.2) is 0 Å². The third kappa shape index (κ3) is 3.26. The van der Waals surface area contributed by atoms with E-state index in [0.29, 0.717) is 0 Å². The monoisotopic (exact) mass is 222 g/mol. The van der Waals surface area contributed by atoms with Crippen molar-refractivity contribution in [2.75, 3.05) is 0 Å². The maximum atomic E-state index is 11.7. The van der Waals surface area contributed by atoms with Gasteiger partial charge in [0, 0.05) is 0 Å². The molecule has 1 rings (SSSR count). The maximum absolute atomic E-state index is 11.7. The van der Waals surface area contributed by atoms with Gasteiger partial charge >= 0.3 is 5.97 Å². The second-order valence-corrected chi connectivity index (χ2v) is 4.48. The minimum Gasteiger partial charge on any atom is -0.508 e. The van der Waals surface area contributed by atoms with Crippen LogP contribution in [0.5, 0.6) is 5.75 Å². The summed E-state index contributed by atoms with van der Waals surface area (Å²) in [5.74, 6) is -0.0263. The number of ether oxygens (including phenoxy) is 1. The quantitative estimate of drug-likeness (QED) is 0.797. The predicted molar refractivity (Wildman–Crippen MR) is 62.0 cm³/mol. The van der Waals surface area contributed by atoms with E-state index in [4.69, 9.17) is 4.74 Å². The van der Waals surface area contributed by atoms with E-state index in [9.17, 15) is 9.90 Å². The van der Waals surface area contributed by atoms with Crippen molar-refractivity contribution in [2.24, 2.45) is 5.41 Å². The highest BCUT2D eigenvalue weighted by Gasteiger charge is 2.26. The zero-order valence-electron chi connectivity index (χ0n) is 9.99. The highest BCUT2D eigenvalue weighted by Crippen LogP contribution is 2.22. The third-order valence-electron chi connectivity index (χ3n) is 2.72. The Bertz CT molecular complexity index is 369. The Balaban J connectivity index is 2.56. The second-order valence-electron chi connectivity index (χ2n) is 4.48. The summed E-state index contributed by atoms with van der Waals surface area (Å²) >= 11 is 0. The molecule has 0 bridgehead atoms. The van der Waals surface area contributed by atoms with Gasteiger partial charge in [0.1, 0.15) is 12.4 Å². The summed E-state index contributed by atoms with van der Waals surface area (Å²) in [7, 11) is 0. The topological polar surface area (TPSA) is 46.5 Å². The Kier molecular flexibility index (Phi) is 3.93. The van der Waals surface area contributed by atoms with Gasteiger partial charge < -0.3 is 9.84 Å². The van der Waals surface area contributed by atoms with E-state index in [1.807, 2.05) is 26.8 Å². The molecule has 0 aromatic heterocycles.